The fraction of sp³-hybridized carbons (Fsp3) is 1.00. The zero-order valence-electron chi connectivity index (χ0n) is 9.94. The van der Waals surface area contributed by atoms with Crippen LogP contribution in [-0.2, 0) is 4.74 Å². The van der Waals surface area contributed by atoms with E-state index in [2.05, 4.69) is 19.2 Å². The van der Waals surface area contributed by atoms with E-state index in [4.69, 9.17) is 4.74 Å². The number of nitrogens with one attached hydrogen (secondary N) is 1. The zero-order chi connectivity index (χ0) is 10.4. The standard InChI is InChI=1S/C12H25NO/c1-4-13-11(2)12(8-9-12)7-5-6-10-14-3/h11,13H,4-10H2,1-3H3. The molecule has 1 aliphatic carbocycles. The molecule has 0 saturated heterocycles. The van der Waals surface area contributed by atoms with Gasteiger partial charge < -0.3 is 10.1 Å². The first-order valence-electron chi connectivity index (χ1n) is 5.97. The van der Waals surface area contributed by atoms with Crippen molar-refractivity contribution in [2.45, 2.75) is 52.0 Å². The highest BCUT2D eigenvalue weighted by atomic mass is 16.5. The van der Waals surface area contributed by atoms with Crippen LogP contribution < -0.4 is 5.32 Å². The molecule has 84 valence electrons. The van der Waals surface area contributed by atoms with Crippen molar-refractivity contribution >= 4 is 0 Å². The van der Waals surface area contributed by atoms with Crippen LogP contribution >= 0.6 is 0 Å². The Kier molecular flexibility index (Phi) is 4.90. The van der Waals surface area contributed by atoms with Gasteiger partial charge in [0, 0.05) is 19.8 Å². The van der Waals surface area contributed by atoms with Crippen LogP contribution in [0, 0.1) is 5.41 Å². The largest absolute Gasteiger partial charge is 0.385 e. The molecule has 0 aromatic heterocycles. The lowest BCUT2D eigenvalue weighted by atomic mass is 9.91. The van der Waals surface area contributed by atoms with Gasteiger partial charge in [0.15, 0.2) is 0 Å². The molecular formula is C12H25NO. The van der Waals surface area contributed by atoms with Crippen molar-refractivity contribution in [3.8, 4) is 0 Å². The molecule has 1 aliphatic rings. The highest BCUT2D eigenvalue weighted by Crippen LogP contribution is 2.52. The molecule has 0 aliphatic heterocycles. The highest BCUT2D eigenvalue weighted by Gasteiger charge is 2.45. The summed E-state index contributed by atoms with van der Waals surface area (Å²) in [6.07, 6.45) is 6.77. The van der Waals surface area contributed by atoms with Crippen molar-refractivity contribution in [2.24, 2.45) is 5.41 Å². The minimum Gasteiger partial charge on any atom is -0.385 e. The van der Waals surface area contributed by atoms with Gasteiger partial charge in [-0.1, -0.05) is 13.3 Å². The number of rotatable bonds is 8. The summed E-state index contributed by atoms with van der Waals surface area (Å²) in [7, 11) is 1.79. The molecule has 0 spiro atoms. The summed E-state index contributed by atoms with van der Waals surface area (Å²) in [5.74, 6) is 0. The Morgan fingerprint density at radius 1 is 1.36 bits per heavy atom. The molecule has 0 amide bonds. The lowest BCUT2D eigenvalue weighted by Gasteiger charge is -2.24. The first kappa shape index (κ1) is 12.0. The molecule has 1 unspecified atom stereocenters. The van der Waals surface area contributed by atoms with Gasteiger partial charge >= 0.3 is 0 Å². The van der Waals surface area contributed by atoms with Crippen LogP contribution in [0.4, 0.5) is 0 Å². The monoisotopic (exact) mass is 199 g/mol. The van der Waals surface area contributed by atoms with Gasteiger partial charge in [-0.3, -0.25) is 0 Å². The van der Waals surface area contributed by atoms with E-state index in [1.54, 1.807) is 7.11 Å². The van der Waals surface area contributed by atoms with E-state index in [0.717, 1.165) is 13.2 Å². The average molecular weight is 199 g/mol. The molecule has 0 bridgehead atoms. The maximum Gasteiger partial charge on any atom is 0.0462 e. The van der Waals surface area contributed by atoms with E-state index in [1.165, 1.54) is 32.1 Å². The first-order valence-corrected chi connectivity index (χ1v) is 5.97. The Hall–Kier alpha value is -0.0800. The Morgan fingerprint density at radius 3 is 2.57 bits per heavy atom. The number of methoxy groups -OCH3 is 1. The minimum absolute atomic E-state index is 0.643. The van der Waals surface area contributed by atoms with Crippen molar-refractivity contribution in [1.29, 1.82) is 0 Å². The lowest BCUT2D eigenvalue weighted by molar-refractivity contribution is 0.187. The van der Waals surface area contributed by atoms with Crippen LogP contribution in [0.5, 0.6) is 0 Å². The molecule has 1 fully saturated rings. The van der Waals surface area contributed by atoms with Gasteiger partial charge in [-0.05, 0) is 44.6 Å². The van der Waals surface area contributed by atoms with Crippen molar-refractivity contribution in [2.75, 3.05) is 20.3 Å². The van der Waals surface area contributed by atoms with Crippen LogP contribution in [0.2, 0.25) is 0 Å². The molecule has 0 aromatic carbocycles. The molecule has 2 heteroatoms. The van der Waals surface area contributed by atoms with E-state index in [1.807, 2.05) is 0 Å². The summed E-state index contributed by atoms with van der Waals surface area (Å²) in [6.45, 7) is 6.55. The molecule has 1 atom stereocenters. The predicted octanol–water partition coefficient (Wildman–Crippen LogP) is 2.58. The van der Waals surface area contributed by atoms with Crippen LogP contribution in [-0.4, -0.2) is 26.3 Å². The smallest absolute Gasteiger partial charge is 0.0462 e. The van der Waals surface area contributed by atoms with Gasteiger partial charge in [0.05, 0.1) is 0 Å². The number of unbranched alkanes of at least 4 members (excludes halogenated alkanes) is 1. The van der Waals surface area contributed by atoms with Crippen molar-refractivity contribution < 1.29 is 4.74 Å². The quantitative estimate of drug-likeness (QED) is 0.607. The van der Waals surface area contributed by atoms with Crippen molar-refractivity contribution in [3.05, 3.63) is 0 Å². The normalized spacial score (nSPS) is 20.8. The lowest BCUT2D eigenvalue weighted by Crippen LogP contribution is -2.34. The van der Waals surface area contributed by atoms with Crippen LogP contribution in [0.15, 0.2) is 0 Å². The van der Waals surface area contributed by atoms with E-state index in [0.29, 0.717) is 11.5 Å². The second-order valence-corrected chi connectivity index (χ2v) is 4.59. The SMILES string of the molecule is CCNC(C)C1(CCCCOC)CC1. The molecule has 1 N–H and O–H groups in total. The van der Waals surface area contributed by atoms with Gasteiger partial charge in [0.2, 0.25) is 0 Å². The van der Waals surface area contributed by atoms with Crippen LogP contribution in [0.3, 0.4) is 0 Å². The van der Waals surface area contributed by atoms with Crippen LogP contribution in [0.1, 0.15) is 46.0 Å². The van der Waals surface area contributed by atoms with E-state index in [9.17, 15) is 0 Å². The Bertz CT molecular complexity index is 154. The maximum atomic E-state index is 5.07. The molecule has 1 saturated carbocycles. The minimum atomic E-state index is 0.643. The summed E-state index contributed by atoms with van der Waals surface area (Å²) in [4.78, 5) is 0. The number of hydrogen-bond acceptors (Lipinski definition) is 2. The predicted molar refractivity (Wildman–Crippen MR) is 60.5 cm³/mol. The molecule has 2 nitrogen and oxygen atoms in total. The molecule has 0 radical (unpaired) electrons. The van der Waals surface area contributed by atoms with Gasteiger partial charge in [-0.2, -0.15) is 0 Å². The Labute approximate surface area is 88.4 Å². The molecule has 14 heavy (non-hydrogen) atoms. The third kappa shape index (κ3) is 3.25. The van der Waals surface area contributed by atoms with Crippen molar-refractivity contribution in [1.82, 2.24) is 5.32 Å². The molecule has 0 heterocycles. The first-order chi connectivity index (χ1) is 6.75. The Balaban J connectivity index is 2.15. The average Bonchev–Trinajstić information content (AvgIpc) is 2.94. The second-order valence-electron chi connectivity index (χ2n) is 4.59. The number of ether oxygens (including phenoxy) is 1. The molecule has 0 aromatic rings. The van der Waals surface area contributed by atoms with Gasteiger partial charge in [0.25, 0.3) is 0 Å². The van der Waals surface area contributed by atoms with E-state index < -0.39 is 0 Å². The van der Waals surface area contributed by atoms with E-state index >= 15 is 0 Å². The second kappa shape index (κ2) is 5.72. The van der Waals surface area contributed by atoms with Gasteiger partial charge in [-0.15, -0.1) is 0 Å². The summed E-state index contributed by atoms with van der Waals surface area (Å²) in [5.41, 5.74) is 0.643. The fourth-order valence-electron chi connectivity index (χ4n) is 2.31. The summed E-state index contributed by atoms with van der Waals surface area (Å²) in [5, 5.41) is 3.56. The van der Waals surface area contributed by atoms with Gasteiger partial charge in [-0.25, -0.2) is 0 Å². The third-order valence-corrected chi connectivity index (χ3v) is 3.59. The summed E-state index contributed by atoms with van der Waals surface area (Å²) < 4.78 is 5.07. The number of hydrogen-bond donors (Lipinski definition) is 1. The Morgan fingerprint density at radius 2 is 2.07 bits per heavy atom. The zero-order valence-corrected chi connectivity index (χ0v) is 9.94. The summed E-state index contributed by atoms with van der Waals surface area (Å²) >= 11 is 0. The van der Waals surface area contributed by atoms with E-state index in [-0.39, 0.29) is 0 Å². The van der Waals surface area contributed by atoms with Gasteiger partial charge in [0.1, 0.15) is 0 Å². The van der Waals surface area contributed by atoms with Crippen LogP contribution in [0.25, 0.3) is 0 Å². The highest BCUT2D eigenvalue weighted by molar-refractivity contribution is 4.99. The fourth-order valence-corrected chi connectivity index (χ4v) is 2.31. The van der Waals surface area contributed by atoms with Crippen molar-refractivity contribution in [3.63, 3.8) is 0 Å². The topological polar surface area (TPSA) is 21.3 Å². The third-order valence-electron chi connectivity index (χ3n) is 3.59. The maximum absolute atomic E-state index is 5.07. The summed E-state index contributed by atoms with van der Waals surface area (Å²) in [6, 6.07) is 0.704. The molecular weight excluding hydrogens is 174 g/mol. The molecule has 1 rings (SSSR count).